The molecule has 98 valence electrons. The molecule has 2 rings (SSSR count). The van der Waals surface area contributed by atoms with Crippen molar-refractivity contribution in [2.75, 3.05) is 7.11 Å². The number of methoxy groups -OCH3 is 1. The molecule has 0 aromatic carbocycles. The van der Waals surface area contributed by atoms with E-state index in [1.807, 2.05) is 6.92 Å². The molecule has 2 heterocycles. The van der Waals surface area contributed by atoms with Gasteiger partial charge in [-0.15, -0.1) is 0 Å². The third-order valence-electron chi connectivity index (χ3n) is 2.59. The first-order chi connectivity index (χ1) is 9.13. The summed E-state index contributed by atoms with van der Waals surface area (Å²) in [7, 11) is 1.33. The van der Waals surface area contributed by atoms with Crippen molar-refractivity contribution in [2.24, 2.45) is 5.73 Å². The monoisotopic (exact) mass is 258 g/mol. The quantitative estimate of drug-likeness (QED) is 0.835. The molecule has 0 radical (unpaired) electrons. The van der Waals surface area contributed by atoms with Crippen LogP contribution in [0.2, 0.25) is 0 Å². The molecule has 0 aliphatic heterocycles. The van der Waals surface area contributed by atoms with Crippen molar-refractivity contribution in [3.63, 3.8) is 0 Å². The lowest BCUT2D eigenvalue weighted by molar-refractivity contribution is 0.0600. The summed E-state index contributed by atoms with van der Waals surface area (Å²) in [4.78, 5) is 24.0. The zero-order valence-electron chi connectivity index (χ0n) is 10.7. The number of carbonyl (C=O) groups is 1. The molecule has 0 unspecified atom stereocenters. The van der Waals surface area contributed by atoms with E-state index in [0.29, 0.717) is 22.6 Å². The molecule has 0 saturated heterocycles. The molecule has 6 heteroatoms. The molecular formula is C13H14N4O2. The number of rotatable bonds is 3. The van der Waals surface area contributed by atoms with E-state index in [0.717, 1.165) is 0 Å². The summed E-state index contributed by atoms with van der Waals surface area (Å²) >= 11 is 0. The van der Waals surface area contributed by atoms with Gasteiger partial charge in [-0.2, -0.15) is 0 Å². The van der Waals surface area contributed by atoms with Crippen molar-refractivity contribution in [1.82, 2.24) is 15.0 Å². The Bertz CT molecular complexity index is 581. The summed E-state index contributed by atoms with van der Waals surface area (Å²) in [5.74, 6) is -0.425. The van der Waals surface area contributed by atoms with Crippen LogP contribution in [0, 0.1) is 0 Å². The average molecular weight is 258 g/mol. The molecule has 0 fully saturated rings. The van der Waals surface area contributed by atoms with E-state index in [2.05, 4.69) is 19.7 Å². The maximum atomic E-state index is 11.3. The Hall–Kier alpha value is -2.34. The second-order valence-electron chi connectivity index (χ2n) is 4.00. The minimum Gasteiger partial charge on any atom is -0.465 e. The van der Waals surface area contributed by atoms with E-state index in [-0.39, 0.29) is 6.04 Å². The van der Waals surface area contributed by atoms with Gasteiger partial charge in [-0.25, -0.2) is 4.79 Å². The van der Waals surface area contributed by atoms with Crippen LogP contribution in [0.4, 0.5) is 0 Å². The van der Waals surface area contributed by atoms with Gasteiger partial charge in [0.25, 0.3) is 0 Å². The van der Waals surface area contributed by atoms with Gasteiger partial charge in [0.1, 0.15) is 5.69 Å². The molecule has 0 spiro atoms. The lowest BCUT2D eigenvalue weighted by atomic mass is 10.1. The minimum atomic E-state index is -0.425. The SMILES string of the molecule is COC(=O)c1ccc(-c2nccnc2[C@@H](C)N)nc1. The van der Waals surface area contributed by atoms with Gasteiger partial charge in [0.15, 0.2) is 0 Å². The maximum Gasteiger partial charge on any atom is 0.339 e. The van der Waals surface area contributed by atoms with Crippen LogP contribution in [0.15, 0.2) is 30.7 Å². The molecule has 2 aromatic heterocycles. The molecule has 19 heavy (non-hydrogen) atoms. The van der Waals surface area contributed by atoms with Crippen molar-refractivity contribution in [2.45, 2.75) is 13.0 Å². The molecule has 0 saturated carbocycles. The summed E-state index contributed by atoms with van der Waals surface area (Å²) in [6.07, 6.45) is 4.61. The Kier molecular flexibility index (Phi) is 3.82. The maximum absolute atomic E-state index is 11.3. The normalized spacial score (nSPS) is 11.9. The predicted octanol–water partition coefficient (Wildman–Crippen LogP) is 1.34. The number of aromatic nitrogens is 3. The van der Waals surface area contributed by atoms with Gasteiger partial charge >= 0.3 is 5.97 Å². The van der Waals surface area contributed by atoms with Crippen LogP contribution in [0.1, 0.15) is 29.0 Å². The number of pyridine rings is 1. The first-order valence-electron chi connectivity index (χ1n) is 5.74. The molecule has 2 aromatic rings. The van der Waals surface area contributed by atoms with Crippen LogP contribution in [-0.2, 0) is 4.74 Å². The number of hydrogen-bond donors (Lipinski definition) is 1. The number of ether oxygens (including phenoxy) is 1. The van der Waals surface area contributed by atoms with E-state index in [4.69, 9.17) is 5.73 Å². The zero-order valence-corrected chi connectivity index (χ0v) is 10.7. The molecule has 2 N–H and O–H groups in total. The van der Waals surface area contributed by atoms with E-state index in [9.17, 15) is 4.79 Å². The van der Waals surface area contributed by atoms with Crippen LogP contribution in [0.3, 0.4) is 0 Å². The number of nitrogens with two attached hydrogens (primary N) is 1. The summed E-state index contributed by atoms with van der Waals surface area (Å²) in [6.45, 7) is 1.83. The largest absolute Gasteiger partial charge is 0.465 e. The Morgan fingerprint density at radius 1 is 1.26 bits per heavy atom. The van der Waals surface area contributed by atoms with Crippen LogP contribution in [0.5, 0.6) is 0 Å². The van der Waals surface area contributed by atoms with Crippen molar-refractivity contribution in [1.29, 1.82) is 0 Å². The highest BCUT2D eigenvalue weighted by atomic mass is 16.5. The summed E-state index contributed by atoms with van der Waals surface area (Å²) in [5, 5.41) is 0. The van der Waals surface area contributed by atoms with Gasteiger partial charge in [-0.3, -0.25) is 15.0 Å². The Balaban J connectivity index is 2.40. The van der Waals surface area contributed by atoms with Crippen molar-refractivity contribution in [3.8, 4) is 11.4 Å². The number of nitrogens with zero attached hydrogens (tertiary/aromatic N) is 3. The highest BCUT2D eigenvalue weighted by Crippen LogP contribution is 2.21. The fourth-order valence-corrected chi connectivity index (χ4v) is 1.65. The predicted molar refractivity (Wildman–Crippen MR) is 69.2 cm³/mol. The molecule has 0 amide bonds. The number of carbonyl (C=O) groups excluding carboxylic acids is 1. The summed E-state index contributed by atoms with van der Waals surface area (Å²) < 4.78 is 4.62. The third kappa shape index (κ3) is 2.74. The highest BCUT2D eigenvalue weighted by molar-refractivity contribution is 5.89. The molecule has 1 atom stereocenters. The van der Waals surface area contributed by atoms with Crippen LogP contribution in [-0.4, -0.2) is 28.0 Å². The van der Waals surface area contributed by atoms with Crippen LogP contribution in [0.25, 0.3) is 11.4 Å². The van der Waals surface area contributed by atoms with Crippen LogP contribution >= 0.6 is 0 Å². The van der Waals surface area contributed by atoms with E-state index >= 15 is 0 Å². The van der Waals surface area contributed by atoms with Gasteiger partial charge in [0.2, 0.25) is 0 Å². The van der Waals surface area contributed by atoms with Gasteiger partial charge in [-0.1, -0.05) is 0 Å². The zero-order chi connectivity index (χ0) is 13.8. The minimum absolute atomic E-state index is 0.245. The molecular weight excluding hydrogens is 244 g/mol. The first-order valence-corrected chi connectivity index (χ1v) is 5.74. The Labute approximate surface area is 110 Å². The number of esters is 1. The first kappa shape index (κ1) is 13.1. The summed E-state index contributed by atoms with van der Waals surface area (Å²) in [6, 6.07) is 3.08. The molecule has 6 nitrogen and oxygen atoms in total. The van der Waals surface area contributed by atoms with E-state index in [1.165, 1.54) is 13.3 Å². The second kappa shape index (κ2) is 5.53. The van der Waals surface area contributed by atoms with Gasteiger partial charge in [0.05, 0.1) is 24.1 Å². The van der Waals surface area contributed by atoms with Crippen LogP contribution < -0.4 is 5.73 Å². The lowest BCUT2D eigenvalue weighted by Gasteiger charge is -2.09. The van der Waals surface area contributed by atoms with Gasteiger partial charge in [-0.05, 0) is 19.1 Å². The van der Waals surface area contributed by atoms with Crippen molar-refractivity contribution < 1.29 is 9.53 Å². The van der Waals surface area contributed by atoms with Gasteiger partial charge < -0.3 is 10.5 Å². The van der Waals surface area contributed by atoms with Gasteiger partial charge in [0, 0.05) is 24.6 Å². The van der Waals surface area contributed by atoms with E-state index < -0.39 is 5.97 Å². The van der Waals surface area contributed by atoms with E-state index in [1.54, 1.807) is 24.5 Å². The Morgan fingerprint density at radius 2 is 2.00 bits per heavy atom. The standard InChI is InChI=1S/C13H14N4O2/c1-8(14)11-12(16-6-5-15-11)10-4-3-9(7-17-10)13(18)19-2/h3-8H,14H2,1-2H3/t8-/m1/s1. The molecule has 0 bridgehead atoms. The second-order valence-corrected chi connectivity index (χ2v) is 4.00. The van der Waals surface area contributed by atoms with Crippen molar-refractivity contribution >= 4 is 5.97 Å². The third-order valence-corrected chi connectivity index (χ3v) is 2.59. The lowest BCUT2D eigenvalue weighted by Crippen LogP contribution is -2.10. The topological polar surface area (TPSA) is 91.0 Å². The highest BCUT2D eigenvalue weighted by Gasteiger charge is 2.13. The molecule has 0 aliphatic rings. The number of hydrogen-bond acceptors (Lipinski definition) is 6. The Morgan fingerprint density at radius 3 is 2.58 bits per heavy atom. The average Bonchev–Trinajstić information content (AvgIpc) is 2.46. The summed E-state index contributed by atoms with van der Waals surface area (Å²) in [5.41, 5.74) is 8.14. The fourth-order valence-electron chi connectivity index (χ4n) is 1.65. The molecule has 0 aliphatic carbocycles. The smallest absolute Gasteiger partial charge is 0.339 e. The fraction of sp³-hybridized carbons (Fsp3) is 0.231. The van der Waals surface area contributed by atoms with Crippen molar-refractivity contribution in [3.05, 3.63) is 42.0 Å².